The van der Waals surface area contributed by atoms with Gasteiger partial charge in [0, 0.05) is 17.8 Å². The van der Waals surface area contributed by atoms with Crippen molar-refractivity contribution >= 4 is 17.5 Å². The number of hydrogen-bond donors (Lipinski definition) is 2. The molecule has 0 aliphatic rings. The molecule has 0 atom stereocenters. The Kier molecular flexibility index (Phi) is 6.41. The summed E-state index contributed by atoms with van der Waals surface area (Å²) in [5.41, 5.74) is 3.12. The quantitative estimate of drug-likeness (QED) is 0.654. The van der Waals surface area contributed by atoms with Crippen LogP contribution in [0.15, 0.2) is 78.9 Å². The second kappa shape index (κ2) is 9.37. The van der Waals surface area contributed by atoms with Crippen LogP contribution < -0.4 is 15.4 Å². The largest absolute Gasteiger partial charge is 0.484 e. The first-order valence-electron chi connectivity index (χ1n) is 9.12. The zero-order valence-electron chi connectivity index (χ0n) is 15.6. The second-order valence-electron chi connectivity index (χ2n) is 6.13. The first-order valence-corrected chi connectivity index (χ1v) is 9.12. The highest BCUT2D eigenvalue weighted by Crippen LogP contribution is 2.24. The monoisotopic (exact) mass is 374 g/mol. The van der Waals surface area contributed by atoms with Gasteiger partial charge in [-0.3, -0.25) is 9.59 Å². The summed E-state index contributed by atoms with van der Waals surface area (Å²) in [5, 5.41) is 5.58. The molecular formula is C23H22N2O3. The van der Waals surface area contributed by atoms with Crippen molar-refractivity contribution < 1.29 is 14.3 Å². The normalized spacial score (nSPS) is 10.2. The van der Waals surface area contributed by atoms with E-state index in [4.69, 9.17) is 4.74 Å². The van der Waals surface area contributed by atoms with Crippen LogP contribution in [0.5, 0.6) is 5.75 Å². The van der Waals surface area contributed by atoms with Crippen LogP contribution in [0, 0.1) is 0 Å². The number of benzene rings is 3. The van der Waals surface area contributed by atoms with Crippen molar-refractivity contribution in [2.75, 3.05) is 18.5 Å². The Bertz CT molecular complexity index is 938. The highest BCUT2D eigenvalue weighted by Gasteiger charge is 2.12. The third-order valence-electron chi connectivity index (χ3n) is 4.11. The third-order valence-corrected chi connectivity index (χ3v) is 4.11. The molecule has 3 aromatic carbocycles. The Hall–Kier alpha value is -3.60. The first-order chi connectivity index (χ1) is 13.7. The molecule has 0 unspecified atom stereocenters. The fourth-order valence-electron chi connectivity index (χ4n) is 2.78. The zero-order chi connectivity index (χ0) is 19.8. The van der Waals surface area contributed by atoms with Gasteiger partial charge in [0.25, 0.3) is 11.8 Å². The smallest absolute Gasteiger partial charge is 0.257 e. The van der Waals surface area contributed by atoms with Crippen LogP contribution in [0.4, 0.5) is 5.69 Å². The van der Waals surface area contributed by atoms with Crippen molar-refractivity contribution in [3.05, 3.63) is 84.4 Å². The number of amides is 2. The third kappa shape index (κ3) is 4.98. The molecule has 28 heavy (non-hydrogen) atoms. The van der Waals surface area contributed by atoms with Crippen molar-refractivity contribution in [2.24, 2.45) is 0 Å². The molecular weight excluding hydrogens is 352 g/mol. The Morgan fingerprint density at radius 1 is 0.857 bits per heavy atom. The van der Waals surface area contributed by atoms with Gasteiger partial charge in [0.05, 0.1) is 0 Å². The lowest BCUT2D eigenvalue weighted by molar-refractivity contribution is -0.122. The fraction of sp³-hybridized carbons (Fsp3) is 0.130. The van der Waals surface area contributed by atoms with E-state index in [1.165, 1.54) is 0 Å². The van der Waals surface area contributed by atoms with Gasteiger partial charge in [-0.15, -0.1) is 0 Å². The van der Waals surface area contributed by atoms with Gasteiger partial charge in [-0.05, 0) is 48.4 Å². The molecule has 142 valence electrons. The Balaban J connectivity index is 1.68. The van der Waals surface area contributed by atoms with E-state index >= 15 is 0 Å². The van der Waals surface area contributed by atoms with Gasteiger partial charge in [-0.25, -0.2) is 0 Å². The van der Waals surface area contributed by atoms with E-state index in [-0.39, 0.29) is 18.4 Å². The summed E-state index contributed by atoms with van der Waals surface area (Å²) in [7, 11) is 0. The topological polar surface area (TPSA) is 67.4 Å². The number of carbonyl (C=O) groups is 2. The lowest BCUT2D eigenvalue weighted by Gasteiger charge is -2.11. The molecule has 0 aromatic heterocycles. The van der Waals surface area contributed by atoms with E-state index in [2.05, 4.69) is 10.6 Å². The summed E-state index contributed by atoms with van der Waals surface area (Å²) in [6.45, 7) is 2.38. The molecule has 5 heteroatoms. The molecule has 5 nitrogen and oxygen atoms in total. The number of nitrogens with one attached hydrogen (secondary N) is 2. The fourth-order valence-corrected chi connectivity index (χ4v) is 2.78. The highest BCUT2D eigenvalue weighted by atomic mass is 16.5. The maximum absolute atomic E-state index is 12.8. The van der Waals surface area contributed by atoms with Gasteiger partial charge in [-0.2, -0.15) is 0 Å². The number of ether oxygens (including phenoxy) is 1. The van der Waals surface area contributed by atoms with Crippen molar-refractivity contribution in [3.63, 3.8) is 0 Å². The summed E-state index contributed by atoms with van der Waals surface area (Å²) in [6.07, 6.45) is 0. The molecule has 0 spiro atoms. The van der Waals surface area contributed by atoms with Crippen LogP contribution in [0.2, 0.25) is 0 Å². The lowest BCUT2D eigenvalue weighted by atomic mass is 9.99. The number of likely N-dealkylation sites (N-methyl/N-ethyl adjacent to an activating group) is 1. The van der Waals surface area contributed by atoms with Crippen molar-refractivity contribution in [3.8, 4) is 16.9 Å². The summed E-state index contributed by atoms with van der Waals surface area (Å²) >= 11 is 0. The van der Waals surface area contributed by atoms with Gasteiger partial charge in [-0.1, -0.05) is 48.5 Å². The van der Waals surface area contributed by atoms with Crippen LogP contribution >= 0.6 is 0 Å². The number of carbonyl (C=O) groups excluding carboxylic acids is 2. The van der Waals surface area contributed by atoms with Crippen molar-refractivity contribution in [2.45, 2.75) is 6.92 Å². The maximum atomic E-state index is 12.8. The van der Waals surface area contributed by atoms with Crippen LogP contribution in [-0.2, 0) is 4.79 Å². The molecule has 0 fully saturated rings. The summed E-state index contributed by atoms with van der Waals surface area (Å²) in [4.78, 5) is 24.2. The molecule has 2 N–H and O–H groups in total. The minimum Gasteiger partial charge on any atom is -0.484 e. The second-order valence-corrected chi connectivity index (χ2v) is 6.13. The van der Waals surface area contributed by atoms with E-state index in [0.29, 0.717) is 23.5 Å². The lowest BCUT2D eigenvalue weighted by Crippen LogP contribution is -2.28. The minimum atomic E-state index is -0.185. The molecule has 0 aliphatic heterocycles. The Morgan fingerprint density at radius 2 is 1.54 bits per heavy atom. The average Bonchev–Trinajstić information content (AvgIpc) is 2.74. The Labute approximate surface area is 164 Å². The van der Waals surface area contributed by atoms with Crippen LogP contribution in [0.1, 0.15) is 17.3 Å². The van der Waals surface area contributed by atoms with Crippen molar-refractivity contribution in [1.82, 2.24) is 5.32 Å². The molecule has 0 saturated carbocycles. The number of anilines is 1. The number of rotatable bonds is 7. The first kappa shape index (κ1) is 19.2. The summed E-state index contributed by atoms with van der Waals surface area (Å²) < 4.78 is 5.42. The molecule has 0 saturated heterocycles. The molecule has 3 rings (SSSR count). The van der Waals surface area contributed by atoms with E-state index < -0.39 is 0 Å². The number of hydrogen-bond acceptors (Lipinski definition) is 3. The SMILES string of the molecule is CCNC(=O)COc1ccc(NC(=O)c2ccccc2-c2ccccc2)cc1. The molecule has 0 radical (unpaired) electrons. The molecule has 0 bridgehead atoms. The van der Waals surface area contributed by atoms with Crippen molar-refractivity contribution in [1.29, 1.82) is 0 Å². The highest BCUT2D eigenvalue weighted by molar-refractivity contribution is 6.08. The minimum absolute atomic E-state index is 0.0377. The van der Waals surface area contributed by atoms with Gasteiger partial charge in [0.2, 0.25) is 0 Å². The molecule has 2 amide bonds. The van der Waals surface area contributed by atoms with E-state index in [1.54, 1.807) is 24.3 Å². The molecule has 0 heterocycles. The van der Waals surface area contributed by atoms with Crippen LogP contribution in [-0.4, -0.2) is 25.0 Å². The summed E-state index contributed by atoms with van der Waals surface area (Å²) in [6, 6.07) is 24.2. The Morgan fingerprint density at radius 3 is 2.25 bits per heavy atom. The van der Waals surface area contributed by atoms with Gasteiger partial charge in [0.15, 0.2) is 6.61 Å². The van der Waals surface area contributed by atoms with Gasteiger partial charge >= 0.3 is 0 Å². The predicted octanol–water partition coefficient (Wildman–Crippen LogP) is 4.12. The van der Waals surface area contributed by atoms with Gasteiger partial charge < -0.3 is 15.4 Å². The standard InChI is InChI=1S/C23H22N2O3/c1-2-24-22(26)16-28-19-14-12-18(13-15-19)25-23(27)21-11-7-6-10-20(21)17-8-4-3-5-9-17/h3-15H,2,16H2,1H3,(H,24,26)(H,25,27). The van der Waals surface area contributed by atoms with Gasteiger partial charge in [0.1, 0.15) is 5.75 Å². The zero-order valence-corrected chi connectivity index (χ0v) is 15.6. The maximum Gasteiger partial charge on any atom is 0.257 e. The van der Waals surface area contributed by atoms with Crippen LogP contribution in [0.25, 0.3) is 11.1 Å². The molecule has 3 aromatic rings. The van der Waals surface area contributed by atoms with E-state index in [1.807, 2.05) is 61.5 Å². The van der Waals surface area contributed by atoms with E-state index in [0.717, 1.165) is 11.1 Å². The average molecular weight is 374 g/mol. The predicted molar refractivity (Wildman–Crippen MR) is 110 cm³/mol. The van der Waals surface area contributed by atoms with E-state index in [9.17, 15) is 9.59 Å². The summed E-state index contributed by atoms with van der Waals surface area (Å²) in [5.74, 6) is 0.210. The molecule has 0 aliphatic carbocycles. The van der Waals surface area contributed by atoms with Crippen LogP contribution in [0.3, 0.4) is 0 Å².